The van der Waals surface area contributed by atoms with Gasteiger partial charge < -0.3 is 15.4 Å². The van der Waals surface area contributed by atoms with Crippen LogP contribution in [0.25, 0.3) is 0 Å². The van der Waals surface area contributed by atoms with Crippen molar-refractivity contribution in [2.45, 2.75) is 32.7 Å². The molecule has 0 spiro atoms. The van der Waals surface area contributed by atoms with Crippen LogP contribution in [0.1, 0.15) is 36.3 Å². The second-order valence-corrected chi connectivity index (χ2v) is 5.58. The Kier molecular flexibility index (Phi) is 6.54. The van der Waals surface area contributed by atoms with Crippen LogP contribution in [0.4, 0.5) is 5.95 Å². The Labute approximate surface area is 142 Å². The van der Waals surface area contributed by atoms with Crippen LogP contribution < -0.4 is 15.4 Å². The van der Waals surface area contributed by atoms with Gasteiger partial charge in [0.15, 0.2) is 0 Å². The lowest BCUT2D eigenvalue weighted by molar-refractivity contribution is 0.0949. The van der Waals surface area contributed by atoms with Crippen molar-refractivity contribution in [3.8, 4) is 5.75 Å². The molecule has 2 aromatic rings. The number of methoxy groups -OCH3 is 1. The fraction of sp³-hybridized carbons (Fsp3) is 0.389. The maximum atomic E-state index is 12.2. The molecule has 1 aromatic carbocycles. The average molecular weight is 328 g/mol. The Balaban J connectivity index is 1.89. The van der Waals surface area contributed by atoms with E-state index >= 15 is 0 Å². The summed E-state index contributed by atoms with van der Waals surface area (Å²) in [5, 5.41) is 6.05. The summed E-state index contributed by atoms with van der Waals surface area (Å²) in [7, 11) is 1.64. The van der Waals surface area contributed by atoms with Gasteiger partial charge in [0.25, 0.3) is 5.91 Å². The monoisotopic (exact) mass is 328 g/mol. The van der Waals surface area contributed by atoms with E-state index < -0.39 is 0 Å². The third-order valence-corrected chi connectivity index (χ3v) is 3.71. The Morgan fingerprint density at radius 1 is 1.33 bits per heavy atom. The van der Waals surface area contributed by atoms with Crippen LogP contribution in [0.15, 0.2) is 36.5 Å². The molecule has 0 bridgehead atoms. The highest BCUT2D eigenvalue weighted by Gasteiger charge is 2.09. The quantitative estimate of drug-likeness (QED) is 0.779. The fourth-order valence-corrected chi connectivity index (χ4v) is 2.12. The maximum absolute atomic E-state index is 12.2. The van der Waals surface area contributed by atoms with Crippen molar-refractivity contribution >= 4 is 11.9 Å². The van der Waals surface area contributed by atoms with Crippen LogP contribution in [-0.2, 0) is 6.42 Å². The average Bonchev–Trinajstić information content (AvgIpc) is 2.62. The van der Waals surface area contributed by atoms with Crippen molar-refractivity contribution < 1.29 is 9.53 Å². The molecule has 2 N–H and O–H groups in total. The highest BCUT2D eigenvalue weighted by molar-refractivity contribution is 5.92. The van der Waals surface area contributed by atoms with Gasteiger partial charge in [0.2, 0.25) is 5.95 Å². The number of anilines is 1. The molecule has 0 saturated carbocycles. The van der Waals surface area contributed by atoms with E-state index in [1.165, 1.54) is 0 Å². The van der Waals surface area contributed by atoms with E-state index in [2.05, 4.69) is 27.5 Å². The molecule has 24 heavy (non-hydrogen) atoms. The van der Waals surface area contributed by atoms with E-state index in [1.807, 2.05) is 31.2 Å². The molecule has 0 aliphatic rings. The second kappa shape index (κ2) is 8.86. The molecule has 1 heterocycles. The lowest BCUT2D eigenvalue weighted by atomic mass is 10.1. The van der Waals surface area contributed by atoms with Crippen LogP contribution in [0, 0.1) is 0 Å². The number of hydrogen-bond donors (Lipinski definition) is 2. The first-order chi connectivity index (χ1) is 11.6. The van der Waals surface area contributed by atoms with E-state index in [4.69, 9.17) is 4.74 Å². The first-order valence-corrected chi connectivity index (χ1v) is 8.13. The minimum Gasteiger partial charge on any atom is -0.497 e. The number of ether oxygens (including phenoxy) is 1. The van der Waals surface area contributed by atoms with Crippen molar-refractivity contribution in [2.24, 2.45) is 0 Å². The number of aromatic nitrogens is 2. The Hall–Kier alpha value is -2.63. The third-order valence-electron chi connectivity index (χ3n) is 3.71. The first kappa shape index (κ1) is 17.7. The Morgan fingerprint density at radius 3 is 2.92 bits per heavy atom. The summed E-state index contributed by atoms with van der Waals surface area (Å²) in [6, 6.07) is 9.68. The van der Waals surface area contributed by atoms with Crippen molar-refractivity contribution in [2.75, 3.05) is 19.0 Å². The molecule has 6 heteroatoms. The maximum Gasteiger partial charge on any atom is 0.270 e. The molecule has 1 unspecified atom stereocenters. The zero-order chi connectivity index (χ0) is 17.4. The number of rotatable bonds is 8. The van der Waals surface area contributed by atoms with E-state index in [1.54, 1.807) is 19.4 Å². The number of nitrogens with one attached hydrogen (secondary N) is 2. The molecule has 128 valence electrons. The normalized spacial score (nSPS) is 11.6. The van der Waals surface area contributed by atoms with Gasteiger partial charge in [-0.25, -0.2) is 9.97 Å². The zero-order valence-electron chi connectivity index (χ0n) is 14.4. The molecular formula is C18H24N4O2. The number of nitrogens with zero attached hydrogens (tertiary/aromatic N) is 2. The number of benzene rings is 1. The molecular weight excluding hydrogens is 304 g/mol. The summed E-state index contributed by atoms with van der Waals surface area (Å²) in [4.78, 5) is 20.6. The fourth-order valence-electron chi connectivity index (χ4n) is 2.12. The van der Waals surface area contributed by atoms with Gasteiger partial charge in [-0.3, -0.25) is 4.79 Å². The van der Waals surface area contributed by atoms with Gasteiger partial charge in [0.05, 0.1) is 7.11 Å². The van der Waals surface area contributed by atoms with E-state index in [9.17, 15) is 4.79 Å². The van der Waals surface area contributed by atoms with Crippen LogP contribution in [0.2, 0.25) is 0 Å². The predicted molar refractivity (Wildman–Crippen MR) is 94.4 cm³/mol. The number of carbonyl (C=O) groups excluding carboxylic acids is 1. The van der Waals surface area contributed by atoms with E-state index in [-0.39, 0.29) is 11.9 Å². The minimum absolute atomic E-state index is 0.201. The van der Waals surface area contributed by atoms with Gasteiger partial charge in [-0.15, -0.1) is 0 Å². The van der Waals surface area contributed by atoms with Gasteiger partial charge in [-0.1, -0.05) is 19.1 Å². The smallest absolute Gasteiger partial charge is 0.270 e. The Bertz CT molecular complexity index is 676. The zero-order valence-corrected chi connectivity index (χ0v) is 14.4. The number of carbonyl (C=O) groups is 1. The van der Waals surface area contributed by atoms with Crippen molar-refractivity contribution in [3.63, 3.8) is 0 Å². The van der Waals surface area contributed by atoms with Crippen LogP contribution in [-0.4, -0.2) is 35.6 Å². The van der Waals surface area contributed by atoms with Gasteiger partial charge in [0.1, 0.15) is 11.4 Å². The highest BCUT2D eigenvalue weighted by Crippen LogP contribution is 2.12. The van der Waals surface area contributed by atoms with Crippen molar-refractivity contribution in [3.05, 3.63) is 47.8 Å². The topological polar surface area (TPSA) is 76.1 Å². The molecule has 0 radical (unpaired) electrons. The molecule has 0 aliphatic heterocycles. The van der Waals surface area contributed by atoms with Crippen molar-refractivity contribution in [1.29, 1.82) is 0 Å². The summed E-state index contributed by atoms with van der Waals surface area (Å²) < 4.78 is 5.19. The molecule has 1 atom stereocenters. The molecule has 0 aliphatic carbocycles. The lowest BCUT2D eigenvalue weighted by Crippen LogP contribution is -2.27. The highest BCUT2D eigenvalue weighted by atomic mass is 16.5. The summed E-state index contributed by atoms with van der Waals surface area (Å²) in [5.74, 6) is 1.09. The summed E-state index contributed by atoms with van der Waals surface area (Å²) in [6.45, 7) is 4.65. The predicted octanol–water partition coefficient (Wildman–Crippen LogP) is 2.67. The SMILES string of the molecule is CCC(C)Nc1nccc(C(=O)NCCc2cccc(OC)c2)n1. The van der Waals surface area contributed by atoms with E-state index in [0.29, 0.717) is 18.2 Å². The van der Waals surface area contributed by atoms with Crippen molar-refractivity contribution in [1.82, 2.24) is 15.3 Å². The molecule has 1 amide bonds. The second-order valence-electron chi connectivity index (χ2n) is 5.58. The van der Waals surface area contributed by atoms with Crippen LogP contribution >= 0.6 is 0 Å². The largest absolute Gasteiger partial charge is 0.497 e. The number of hydrogen-bond acceptors (Lipinski definition) is 5. The Morgan fingerprint density at radius 2 is 2.17 bits per heavy atom. The van der Waals surface area contributed by atoms with Gasteiger partial charge in [-0.05, 0) is 43.5 Å². The van der Waals surface area contributed by atoms with Crippen LogP contribution in [0.3, 0.4) is 0 Å². The minimum atomic E-state index is -0.201. The molecule has 2 rings (SSSR count). The molecule has 0 saturated heterocycles. The van der Waals surface area contributed by atoms with Gasteiger partial charge in [0, 0.05) is 18.8 Å². The first-order valence-electron chi connectivity index (χ1n) is 8.13. The third kappa shape index (κ3) is 5.22. The van der Waals surface area contributed by atoms with E-state index in [0.717, 1.165) is 24.2 Å². The summed E-state index contributed by atoms with van der Waals surface area (Å²) in [5.41, 5.74) is 1.47. The lowest BCUT2D eigenvalue weighted by Gasteiger charge is -2.11. The summed E-state index contributed by atoms with van der Waals surface area (Å²) >= 11 is 0. The summed E-state index contributed by atoms with van der Waals surface area (Å²) in [6.07, 6.45) is 3.28. The number of amides is 1. The molecule has 1 aromatic heterocycles. The van der Waals surface area contributed by atoms with Gasteiger partial charge in [-0.2, -0.15) is 0 Å². The standard InChI is InChI=1S/C18H24N4O2/c1-4-13(2)21-18-20-11-9-16(22-18)17(23)19-10-8-14-6-5-7-15(12-14)24-3/h5-7,9,11-13H,4,8,10H2,1-3H3,(H,19,23)(H,20,21,22). The molecule has 6 nitrogen and oxygen atoms in total. The van der Waals surface area contributed by atoms with Gasteiger partial charge >= 0.3 is 0 Å². The molecule has 0 fully saturated rings. The van der Waals surface area contributed by atoms with Crippen LogP contribution in [0.5, 0.6) is 5.75 Å².